The van der Waals surface area contributed by atoms with E-state index in [1.165, 1.54) is 32.1 Å². The highest BCUT2D eigenvalue weighted by Gasteiger charge is 2.14. The first-order valence-corrected chi connectivity index (χ1v) is 7.36. The molecule has 1 rings (SSSR count). The third-order valence-corrected chi connectivity index (χ3v) is 3.63. The quantitative estimate of drug-likeness (QED) is 0.582. The van der Waals surface area contributed by atoms with Gasteiger partial charge in [0.2, 0.25) is 0 Å². The Bertz CT molecular complexity index is 244. The molecule has 0 unspecified atom stereocenters. The zero-order valence-electron chi connectivity index (χ0n) is 12.4. The van der Waals surface area contributed by atoms with Crippen LogP contribution < -0.4 is 5.73 Å². The molecule has 0 aromatic heterocycles. The highest BCUT2D eigenvalue weighted by atomic mass is 15.3. The van der Waals surface area contributed by atoms with Crippen molar-refractivity contribution in [3.05, 3.63) is 0 Å². The fourth-order valence-electron chi connectivity index (χ4n) is 2.49. The Morgan fingerprint density at radius 2 is 1.83 bits per heavy atom. The van der Waals surface area contributed by atoms with Crippen molar-refractivity contribution >= 4 is 5.96 Å². The van der Waals surface area contributed by atoms with Crippen molar-refractivity contribution in [1.82, 2.24) is 9.80 Å². The molecular weight excluding hydrogens is 224 g/mol. The number of hydrogen-bond donors (Lipinski definition) is 1. The second-order valence-electron chi connectivity index (χ2n) is 5.52. The first-order valence-electron chi connectivity index (χ1n) is 7.36. The van der Waals surface area contributed by atoms with Crippen molar-refractivity contribution < 1.29 is 0 Å². The van der Waals surface area contributed by atoms with Gasteiger partial charge in [0, 0.05) is 13.1 Å². The number of hydrogen-bond acceptors (Lipinski definition) is 2. The van der Waals surface area contributed by atoms with Crippen LogP contribution in [0.15, 0.2) is 4.99 Å². The van der Waals surface area contributed by atoms with E-state index in [0.29, 0.717) is 6.04 Å². The van der Waals surface area contributed by atoms with Crippen molar-refractivity contribution in [2.24, 2.45) is 10.7 Å². The summed E-state index contributed by atoms with van der Waals surface area (Å²) < 4.78 is 0. The highest BCUT2D eigenvalue weighted by molar-refractivity contribution is 5.78. The number of nitrogens with zero attached hydrogens (tertiary/aromatic N) is 3. The van der Waals surface area contributed by atoms with Gasteiger partial charge >= 0.3 is 0 Å². The van der Waals surface area contributed by atoms with Gasteiger partial charge in [-0.25, -0.2) is 4.99 Å². The first-order chi connectivity index (χ1) is 8.63. The lowest BCUT2D eigenvalue weighted by molar-refractivity contribution is 0.349. The molecule has 0 aliphatic heterocycles. The van der Waals surface area contributed by atoms with Crippen LogP contribution >= 0.6 is 0 Å². The van der Waals surface area contributed by atoms with Crippen LogP contribution in [0.4, 0.5) is 0 Å². The summed E-state index contributed by atoms with van der Waals surface area (Å²) in [5.74, 6) is 0.753. The van der Waals surface area contributed by atoms with Crippen LogP contribution in [0.5, 0.6) is 0 Å². The summed E-state index contributed by atoms with van der Waals surface area (Å²) in [6, 6.07) is 0.474. The minimum absolute atomic E-state index is 0.474. The van der Waals surface area contributed by atoms with E-state index in [1.54, 1.807) is 0 Å². The van der Waals surface area contributed by atoms with Crippen molar-refractivity contribution in [3.8, 4) is 0 Å². The van der Waals surface area contributed by atoms with Gasteiger partial charge in [-0.15, -0.1) is 0 Å². The Balaban J connectivity index is 2.39. The molecule has 0 aromatic carbocycles. The molecule has 1 aliphatic carbocycles. The van der Waals surface area contributed by atoms with Gasteiger partial charge < -0.3 is 15.5 Å². The summed E-state index contributed by atoms with van der Waals surface area (Å²) in [4.78, 5) is 9.13. The van der Waals surface area contributed by atoms with E-state index in [-0.39, 0.29) is 0 Å². The summed E-state index contributed by atoms with van der Waals surface area (Å²) in [6.07, 6.45) is 7.57. The predicted molar refractivity (Wildman–Crippen MR) is 78.9 cm³/mol. The average Bonchev–Trinajstić information content (AvgIpc) is 2.35. The van der Waals surface area contributed by atoms with Crippen LogP contribution in [0.1, 0.15) is 45.4 Å². The van der Waals surface area contributed by atoms with E-state index in [0.717, 1.165) is 32.0 Å². The average molecular weight is 254 g/mol. The summed E-state index contributed by atoms with van der Waals surface area (Å²) in [7, 11) is 4.21. The van der Waals surface area contributed by atoms with E-state index >= 15 is 0 Å². The van der Waals surface area contributed by atoms with Crippen LogP contribution in [-0.4, -0.2) is 55.5 Å². The molecule has 1 saturated carbocycles. The van der Waals surface area contributed by atoms with Gasteiger partial charge in [0.25, 0.3) is 0 Å². The zero-order valence-corrected chi connectivity index (χ0v) is 12.4. The molecule has 4 nitrogen and oxygen atoms in total. The Morgan fingerprint density at radius 3 is 2.39 bits per heavy atom. The van der Waals surface area contributed by atoms with Crippen LogP contribution in [0, 0.1) is 0 Å². The van der Waals surface area contributed by atoms with Crippen LogP contribution in [-0.2, 0) is 0 Å². The van der Waals surface area contributed by atoms with Crippen molar-refractivity contribution in [2.45, 2.75) is 51.5 Å². The summed E-state index contributed by atoms with van der Waals surface area (Å²) in [5, 5.41) is 0. The third-order valence-electron chi connectivity index (χ3n) is 3.63. The molecule has 0 radical (unpaired) electrons. The largest absolute Gasteiger partial charge is 0.370 e. The lowest BCUT2D eigenvalue weighted by Gasteiger charge is -2.25. The van der Waals surface area contributed by atoms with Crippen molar-refractivity contribution in [1.29, 1.82) is 0 Å². The molecule has 0 amide bonds. The minimum atomic E-state index is 0.474. The van der Waals surface area contributed by atoms with Gasteiger partial charge in [-0.2, -0.15) is 0 Å². The molecule has 106 valence electrons. The number of aliphatic imine (C=N–C) groups is 1. The normalized spacial score (nSPS) is 18.3. The van der Waals surface area contributed by atoms with Crippen molar-refractivity contribution in [3.63, 3.8) is 0 Å². The maximum atomic E-state index is 6.14. The lowest BCUT2D eigenvalue weighted by Crippen LogP contribution is -2.39. The van der Waals surface area contributed by atoms with E-state index < -0.39 is 0 Å². The molecule has 1 aliphatic rings. The Morgan fingerprint density at radius 1 is 1.17 bits per heavy atom. The second kappa shape index (κ2) is 8.35. The van der Waals surface area contributed by atoms with E-state index in [9.17, 15) is 0 Å². The second-order valence-corrected chi connectivity index (χ2v) is 5.52. The maximum absolute atomic E-state index is 6.14. The maximum Gasteiger partial charge on any atom is 0.191 e. The number of nitrogens with two attached hydrogens (primary N) is 1. The molecule has 1 fully saturated rings. The third kappa shape index (κ3) is 5.71. The van der Waals surface area contributed by atoms with Crippen LogP contribution in [0.2, 0.25) is 0 Å². The molecule has 4 heteroatoms. The number of rotatable bonds is 6. The van der Waals surface area contributed by atoms with Crippen LogP contribution in [0.3, 0.4) is 0 Å². The molecule has 0 saturated heterocycles. The fraction of sp³-hybridized carbons (Fsp3) is 0.929. The Kier molecular flexibility index (Phi) is 7.09. The highest BCUT2D eigenvalue weighted by Crippen LogP contribution is 2.20. The predicted octanol–water partition coefficient (Wildman–Crippen LogP) is 1.91. The summed E-state index contributed by atoms with van der Waals surface area (Å²) in [6.45, 7) is 5.22. The van der Waals surface area contributed by atoms with Crippen molar-refractivity contribution in [2.75, 3.05) is 33.7 Å². The molecule has 0 aromatic rings. The molecule has 0 heterocycles. The monoisotopic (exact) mass is 254 g/mol. The fourth-order valence-corrected chi connectivity index (χ4v) is 2.49. The summed E-state index contributed by atoms with van der Waals surface area (Å²) >= 11 is 0. The van der Waals surface area contributed by atoms with Gasteiger partial charge in [0.05, 0.1) is 6.04 Å². The molecule has 18 heavy (non-hydrogen) atoms. The SMILES string of the molecule is CCN(CCCN(C)C)C(N)=NC1CCCCC1. The van der Waals surface area contributed by atoms with E-state index in [2.05, 4.69) is 30.8 Å². The standard InChI is InChI=1S/C14H30N4/c1-4-18(12-8-11-17(2)3)14(15)16-13-9-6-5-7-10-13/h13H,4-12H2,1-3H3,(H2,15,16). The molecule has 0 bridgehead atoms. The summed E-state index contributed by atoms with van der Waals surface area (Å²) in [5.41, 5.74) is 6.14. The van der Waals surface area contributed by atoms with E-state index in [1.807, 2.05) is 0 Å². The van der Waals surface area contributed by atoms with Gasteiger partial charge in [-0.05, 0) is 46.8 Å². The van der Waals surface area contributed by atoms with Gasteiger partial charge in [0.15, 0.2) is 5.96 Å². The Labute approximate surface area is 112 Å². The van der Waals surface area contributed by atoms with Crippen LogP contribution in [0.25, 0.3) is 0 Å². The number of guanidine groups is 1. The zero-order chi connectivity index (χ0) is 13.4. The van der Waals surface area contributed by atoms with Gasteiger partial charge in [-0.3, -0.25) is 0 Å². The molecule has 2 N–H and O–H groups in total. The first kappa shape index (κ1) is 15.3. The van der Waals surface area contributed by atoms with Gasteiger partial charge in [0.1, 0.15) is 0 Å². The Hall–Kier alpha value is -0.770. The van der Waals surface area contributed by atoms with Gasteiger partial charge in [-0.1, -0.05) is 19.3 Å². The van der Waals surface area contributed by atoms with E-state index in [4.69, 9.17) is 10.7 Å². The lowest BCUT2D eigenvalue weighted by atomic mass is 9.96. The minimum Gasteiger partial charge on any atom is -0.370 e. The molecular formula is C14H30N4. The smallest absolute Gasteiger partial charge is 0.191 e. The molecule has 0 atom stereocenters. The molecule has 0 spiro atoms. The topological polar surface area (TPSA) is 44.9 Å².